The van der Waals surface area contributed by atoms with E-state index < -0.39 is 29.0 Å². The summed E-state index contributed by atoms with van der Waals surface area (Å²) in [6.07, 6.45) is 0. The van der Waals surface area contributed by atoms with Crippen molar-refractivity contribution in [2.45, 2.75) is 0 Å². The molecule has 2 amide bonds. The van der Waals surface area contributed by atoms with Crippen LogP contribution in [0.25, 0.3) is 0 Å². The van der Waals surface area contributed by atoms with E-state index in [1.54, 1.807) is 5.38 Å². The maximum absolute atomic E-state index is 13.5. The smallest absolute Gasteiger partial charge is 0.262 e. The predicted octanol–water partition coefficient (Wildman–Crippen LogP) is 2.64. The summed E-state index contributed by atoms with van der Waals surface area (Å²) >= 11 is 1.09. The van der Waals surface area contributed by atoms with Gasteiger partial charge in [0.2, 0.25) is 0 Å². The highest BCUT2D eigenvalue weighted by Gasteiger charge is 2.20. The Bertz CT molecular complexity index is 650. The van der Waals surface area contributed by atoms with Crippen LogP contribution in [0.2, 0.25) is 0 Å². The lowest BCUT2D eigenvalue weighted by molar-refractivity contribution is 0.0964. The van der Waals surface area contributed by atoms with Crippen LogP contribution in [0, 0.1) is 11.6 Å². The molecule has 1 aromatic carbocycles. The molecular formula is C13H10F2N2O2S. The zero-order chi connectivity index (χ0) is 14.7. The molecule has 0 aliphatic carbocycles. The van der Waals surface area contributed by atoms with Crippen molar-refractivity contribution in [2.75, 3.05) is 12.4 Å². The van der Waals surface area contributed by atoms with E-state index in [-0.39, 0.29) is 10.6 Å². The Morgan fingerprint density at radius 1 is 1.10 bits per heavy atom. The van der Waals surface area contributed by atoms with Crippen molar-refractivity contribution in [1.82, 2.24) is 5.32 Å². The van der Waals surface area contributed by atoms with Gasteiger partial charge >= 0.3 is 0 Å². The minimum absolute atomic E-state index is 0.233. The van der Waals surface area contributed by atoms with Crippen LogP contribution < -0.4 is 10.6 Å². The second-order valence-corrected chi connectivity index (χ2v) is 4.71. The highest BCUT2D eigenvalue weighted by molar-refractivity contribution is 7.14. The molecule has 2 N–H and O–H groups in total. The van der Waals surface area contributed by atoms with Gasteiger partial charge in [0.05, 0.1) is 5.56 Å². The first-order chi connectivity index (χ1) is 9.54. The summed E-state index contributed by atoms with van der Waals surface area (Å²) in [6, 6.07) is 4.66. The van der Waals surface area contributed by atoms with Crippen molar-refractivity contribution in [2.24, 2.45) is 0 Å². The monoisotopic (exact) mass is 296 g/mol. The summed E-state index contributed by atoms with van der Waals surface area (Å²) in [5.41, 5.74) is -0.439. The van der Waals surface area contributed by atoms with Gasteiger partial charge in [-0.2, -0.15) is 0 Å². The molecule has 2 rings (SSSR count). The molecule has 0 spiro atoms. The number of halogens is 2. The van der Waals surface area contributed by atoms with Crippen LogP contribution in [0.1, 0.15) is 20.7 Å². The number of benzene rings is 1. The van der Waals surface area contributed by atoms with Gasteiger partial charge in [-0.1, -0.05) is 6.07 Å². The standard InChI is InChI=1S/C13H10F2N2O2S/c1-16-11(18)7-5-6-20-13(7)17-12(19)10-8(14)3-2-4-9(10)15/h2-6H,1H3,(H,16,18)(H,17,19). The lowest BCUT2D eigenvalue weighted by Gasteiger charge is -2.07. The molecule has 1 heterocycles. The minimum Gasteiger partial charge on any atom is -0.355 e. The first-order valence-corrected chi connectivity index (χ1v) is 6.47. The quantitative estimate of drug-likeness (QED) is 0.914. The SMILES string of the molecule is CNC(=O)c1ccsc1NC(=O)c1c(F)cccc1F. The fraction of sp³-hybridized carbons (Fsp3) is 0.0769. The van der Waals surface area contributed by atoms with Crippen molar-refractivity contribution in [3.05, 3.63) is 52.4 Å². The Balaban J connectivity index is 2.29. The molecule has 7 heteroatoms. The Labute approximate surface area is 117 Å². The van der Waals surface area contributed by atoms with Gasteiger partial charge in [-0.05, 0) is 23.6 Å². The molecule has 0 atom stereocenters. The van der Waals surface area contributed by atoms with Crippen LogP contribution in [-0.2, 0) is 0 Å². The van der Waals surface area contributed by atoms with Crippen molar-refractivity contribution >= 4 is 28.2 Å². The molecule has 0 saturated heterocycles. The van der Waals surface area contributed by atoms with Crippen LogP contribution in [0.5, 0.6) is 0 Å². The molecule has 0 bridgehead atoms. The summed E-state index contributed by atoms with van der Waals surface area (Å²) in [7, 11) is 1.45. The first-order valence-electron chi connectivity index (χ1n) is 5.59. The van der Waals surface area contributed by atoms with E-state index in [2.05, 4.69) is 10.6 Å². The van der Waals surface area contributed by atoms with Crippen molar-refractivity contribution in [3.63, 3.8) is 0 Å². The summed E-state index contributed by atoms with van der Waals surface area (Å²) in [6.45, 7) is 0. The third-order valence-corrected chi connectivity index (χ3v) is 3.38. The van der Waals surface area contributed by atoms with Crippen LogP contribution in [-0.4, -0.2) is 18.9 Å². The lowest BCUT2D eigenvalue weighted by atomic mass is 10.2. The largest absolute Gasteiger partial charge is 0.355 e. The Morgan fingerprint density at radius 3 is 2.35 bits per heavy atom. The van der Waals surface area contributed by atoms with Gasteiger partial charge < -0.3 is 10.6 Å². The van der Waals surface area contributed by atoms with Crippen molar-refractivity contribution < 1.29 is 18.4 Å². The molecule has 0 radical (unpaired) electrons. The van der Waals surface area contributed by atoms with Gasteiger partial charge in [0.15, 0.2) is 0 Å². The van der Waals surface area contributed by atoms with Gasteiger partial charge in [0.1, 0.15) is 22.2 Å². The van der Waals surface area contributed by atoms with Crippen LogP contribution in [0.4, 0.5) is 13.8 Å². The average molecular weight is 296 g/mol. The fourth-order valence-electron chi connectivity index (χ4n) is 1.60. The number of amides is 2. The maximum atomic E-state index is 13.5. The summed E-state index contributed by atoms with van der Waals surface area (Å²) in [4.78, 5) is 23.4. The van der Waals surface area contributed by atoms with E-state index in [4.69, 9.17) is 0 Å². The summed E-state index contributed by atoms with van der Waals surface area (Å²) in [5.74, 6) is -3.25. The molecule has 0 saturated carbocycles. The van der Waals surface area contributed by atoms with Crippen LogP contribution in [0.3, 0.4) is 0 Å². The molecule has 0 aliphatic rings. The number of hydrogen-bond donors (Lipinski definition) is 2. The fourth-order valence-corrected chi connectivity index (χ4v) is 2.38. The number of hydrogen-bond acceptors (Lipinski definition) is 3. The summed E-state index contributed by atoms with van der Waals surface area (Å²) in [5, 5.41) is 6.58. The Hall–Kier alpha value is -2.28. The van der Waals surface area contributed by atoms with E-state index in [9.17, 15) is 18.4 Å². The maximum Gasteiger partial charge on any atom is 0.262 e. The molecule has 1 aromatic heterocycles. The number of rotatable bonds is 3. The number of carbonyl (C=O) groups is 2. The van der Waals surface area contributed by atoms with E-state index in [1.807, 2.05) is 0 Å². The van der Waals surface area contributed by atoms with Crippen molar-refractivity contribution in [1.29, 1.82) is 0 Å². The van der Waals surface area contributed by atoms with E-state index >= 15 is 0 Å². The normalized spacial score (nSPS) is 10.2. The van der Waals surface area contributed by atoms with Gasteiger partial charge in [-0.15, -0.1) is 11.3 Å². The van der Waals surface area contributed by atoms with E-state index in [0.29, 0.717) is 0 Å². The number of thiophene rings is 1. The van der Waals surface area contributed by atoms with E-state index in [0.717, 1.165) is 23.5 Å². The Kier molecular flexibility index (Phi) is 4.09. The zero-order valence-corrected chi connectivity index (χ0v) is 11.2. The number of carbonyl (C=O) groups excluding carboxylic acids is 2. The number of anilines is 1. The second kappa shape index (κ2) is 5.79. The van der Waals surface area contributed by atoms with Gasteiger partial charge in [0, 0.05) is 7.05 Å². The van der Waals surface area contributed by atoms with Gasteiger partial charge in [0.25, 0.3) is 11.8 Å². The highest BCUT2D eigenvalue weighted by Crippen LogP contribution is 2.24. The van der Waals surface area contributed by atoms with Gasteiger partial charge in [-0.25, -0.2) is 8.78 Å². The number of nitrogens with one attached hydrogen (secondary N) is 2. The molecule has 0 aliphatic heterocycles. The highest BCUT2D eigenvalue weighted by atomic mass is 32.1. The van der Waals surface area contributed by atoms with E-state index in [1.165, 1.54) is 19.2 Å². The summed E-state index contributed by atoms with van der Waals surface area (Å²) < 4.78 is 27.0. The molecule has 4 nitrogen and oxygen atoms in total. The third-order valence-electron chi connectivity index (χ3n) is 2.55. The molecule has 104 valence electrons. The predicted molar refractivity (Wildman–Crippen MR) is 72.0 cm³/mol. The Morgan fingerprint density at radius 2 is 1.75 bits per heavy atom. The average Bonchev–Trinajstić information content (AvgIpc) is 2.85. The molecule has 20 heavy (non-hydrogen) atoms. The third kappa shape index (κ3) is 2.67. The van der Waals surface area contributed by atoms with Crippen LogP contribution in [0.15, 0.2) is 29.6 Å². The van der Waals surface area contributed by atoms with Crippen molar-refractivity contribution in [3.8, 4) is 0 Å². The minimum atomic E-state index is -0.958. The molecule has 0 fully saturated rings. The molecule has 2 aromatic rings. The molecular weight excluding hydrogens is 286 g/mol. The van der Waals surface area contributed by atoms with Gasteiger partial charge in [-0.3, -0.25) is 9.59 Å². The zero-order valence-electron chi connectivity index (χ0n) is 10.4. The lowest BCUT2D eigenvalue weighted by Crippen LogP contribution is -2.21. The second-order valence-electron chi connectivity index (χ2n) is 3.79. The van der Waals surface area contributed by atoms with Crippen LogP contribution >= 0.6 is 11.3 Å². The molecule has 0 unspecified atom stereocenters. The topological polar surface area (TPSA) is 58.2 Å². The first kappa shape index (κ1) is 14.1.